The molecule has 19 heavy (non-hydrogen) atoms. The number of hydrogen-bond acceptors (Lipinski definition) is 3. The van der Waals surface area contributed by atoms with Gasteiger partial charge < -0.3 is 15.3 Å². The van der Waals surface area contributed by atoms with E-state index in [0.717, 1.165) is 29.5 Å². The summed E-state index contributed by atoms with van der Waals surface area (Å²) in [7, 11) is 0. The first-order valence-corrected chi connectivity index (χ1v) is 6.45. The maximum Gasteiger partial charge on any atom is 0.169 e. The summed E-state index contributed by atoms with van der Waals surface area (Å²) in [6, 6.07) is 8.59. The number of phenols is 3. The Bertz CT molecular complexity index is 581. The fourth-order valence-corrected chi connectivity index (χ4v) is 2.38. The Morgan fingerprint density at radius 3 is 1.79 bits per heavy atom. The zero-order chi connectivity index (χ0) is 14.0. The minimum absolute atomic E-state index is 0.0223. The van der Waals surface area contributed by atoms with Gasteiger partial charge in [0.05, 0.1) is 5.56 Å². The summed E-state index contributed by atoms with van der Waals surface area (Å²) in [6.07, 6.45) is 1.58. The molecule has 0 radical (unpaired) electrons. The Morgan fingerprint density at radius 1 is 0.737 bits per heavy atom. The second kappa shape index (κ2) is 5.22. The summed E-state index contributed by atoms with van der Waals surface area (Å²) in [4.78, 5) is 0. The summed E-state index contributed by atoms with van der Waals surface area (Å²) in [5, 5.41) is 29.8. The van der Waals surface area contributed by atoms with Crippen LogP contribution in [0, 0.1) is 0 Å². The van der Waals surface area contributed by atoms with Crippen LogP contribution >= 0.6 is 0 Å². The third-order valence-corrected chi connectivity index (χ3v) is 3.38. The van der Waals surface area contributed by atoms with Crippen LogP contribution in [0.25, 0.3) is 11.1 Å². The van der Waals surface area contributed by atoms with Gasteiger partial charge in [0.2, 0.25) is 0 Å². The van der Waals surface area contributed by atoms with Crippen molar-refractivity contribution in [2.75, 3.05) is 0 Å². The molecule has 0 aliphatic rings. The highest BCUT2D eigenvalue weighted by molar-refractivity contribution is 5.83. The summed E-state index contributed by atoms with van der Waals surface area (Å²) >= 11 is 0. The van der Waals surface area contributed by atoms with Crippen molar-refractivity contribution >= 4 is 0 Å². The molecule has 2 aromatic rings. The fourth-order valence-electron chi connectivity index (χ4n) is 2.38. The summed E-state index contributed by atoms with van der Waals surface area (Å²) in [5.41, 5.74) is 3.21. The van der Waals surface area contributed by atoms with Crippen molar-refractivity contribution in [1.82, 2.24) is 0 Å². The zero-order valence-corrected chi connectivity index (χ0v) is 11.1. The molecule has 0 saturated carbocycles. The van der Waals surface area contributed by atoms with E-state index in [2.05, 4.69) is 0 Å². The van der Waals surface area contributed by atoms with Gasteiger partial charge in [0, 0.05) is 0 Å². The first-order valence-electron chi connectivity index (χ1n) is 6.45. The Morgan fingerprint density at radius 2 is 1.26 bits per heavy atom. The smallest absolute Gasteiger partial charge is 0.169 e. The Hall–Kier alpha value is -2.16. The van der Waals surface area contributed by atoms with E-state index in [9.17, 15) is 15.3 Å². The van der Waals surface area contributed by atoms with Gasteiger partial charge in [-0.3, -0.25) is 0 Å². The number of aromatic hydroxyl groups is 3. The maximum atomic E-state index is 10.1. The molecule has 3 N–H and O–H groups in total. The number of hydrogen-bond donors (Lipinski definition) is 3. The summed E-state index contributed by atoms with van der Waals surface area (Å²) in [6.45, 7) is 4.05. The van der Waals surface area contributed by atoms with Crippen LogP contribution in [0.2, 0.25) is 0 Å². The second-order valence-corrected chi connectivity index (χ2v) is 4.49. The average Bonchev–Trinajstić information content (AvgIpc) is 2.43. The first kappa shape index (κ1) is 13.3. The molecule has 3 heteroatoms. The molecule has 0 aliphatic carbocycles. The van der Waals surface area contributed by atoms with E-state index in [1.54, 1.807) is 0 Å². The number of rotatable bonds is 3. The summed E-state index contributed by atoms with van der Waals surface area (Å²) in [5.74, 6) is -0.512. The molecule has 0 aliphatic heterocycles. The van der Waals surface area contributed by atoms with Gasteiger partial charge in [-0.25, -0.2) is 0 Å². The molecule has 0 fully saturated rings. The molecule has 2 rings (SSSR count). The molecule has 0 saturated heterocycles. The molecule has 0 spiro atoms. The highest BCUT2D eigenvalue weighted by atomic mass is 16.3. The standard InChI is InChI=1S/C16H18O3/c1-3-10-6-5-7-11(4-2)14(10)15-12(17)8-9-13(18)16(15)19/h5-9,17-19H,3-4H2,1-2H3. The Kier molecular flexibility index (Phi) is 3.65. The van der Waals surface area contributed by atoms with Gasteiger partial charge in [-0.2, -0.15) is 0 Å². The van der Waals surface area contributed by atoms with Crippen LogP contribution in [-0.2, 0) is 12.8 Å². The largest absolute Gasteiger partial charge is 0.507 e. The number of benzene rings is 2. The van der Waals surface area contributed by atoms with E-state index in [4.69, 9.17) is 0 Å². The average molecular weight is 258 g/mol. The monoisotopic (exact) mass is 258 g/mol. The van der Waals surface area contributed by atoms with Crippen molar-refractivity contribution in [2.24, 2.45) is 0 Å². The number of aryl methyl sites for hydroxylation is 2. The molecule has 0 amide bonds. The topological polar surface area (TPSA) is 60.7 Å². The van der Waals surface area contributed by atoms with Crippen LogP contribution in [0.1, 0.15) is 25.0 Å². The van der Waals surface area contributed by atoms with Crippen LogP contribution in [0.15, 0.2) is 30.3 Å². The molecule has 0 atom stereocenters. The third-order valence-electron chi connectivity index (χ3n) is 3.38. The minimum atomic E-state index is -0.268. The predicted molar refractivity (Wildman–Crippen MR) is 75.6 cm³/mol. The van der Waals surface area contributed by atoms with Crippen LogP contribution in [0.3, 0.4) is 0 Å². The van der Waals surface area contributed by atoms with E-state index < -0.39 is 0 Å². The fraction of sp³-hybridized carbons (Fsp3) is 0.250. The van der Waals surface area contributed by atoms with E-state index >= 15 is 0 Å². The molecule has 0 bridgehead atoms. The molecule has 0 aromatic heterocycles. The predicted octanol–water partition coefficient (Wildman–Crippen LogP) is 3.60. The second-order valence-electron chi connectivity index (χ2n) is 4.49. The van der Waals surface area contributed by atoms with Crippen LogP contribution in [-0.4, -0.2) is 15.3 Å². The Balaban J connectivity index is 2.82. The van der Waals surface area contributed by atoms with Crippen molar-refractivity contribution in [3.05, 3.63) is 41.5 Å². The van der Waals surface area contributed by atoms with Crippen molar-refractivity contribution in [2.45, 2.75) is 26.7 Å². The van der Waals surface area contributed by atoms with Gasteiger partial charge in [-0.15, -0.1) is 0 Å². The zero-order valence-electron chi connectivity index (χ0n) is 11.1. The van der Waals surface area contributed by atoms with E-state index in [0.29, 0.717) is 5.56 Å². The van der Waals surface area contributed by atoms with E-state index in [1.807, 2.05) is 32.0 Å². The van der Waals surface area contributed by atoms with Gasteiger partial charge in [0.25, 0.3) is 0 Å². The van der Waals surface area contributed by atoms with Gasteiger partial charge in [-0.05, 0) is 41.7 Å². The SMILES string of the molecule is CCc1cccc(CC)c1-c1c(O)ccc(O)c1O. The molecular weight excluding hydrogens is 240 g/mol. The van der Waals surface area contributed by atoms with Crippen LogP contribution < -0.4 is 0 Å². The van der Waals surface area contributed by atoms with Gasteiger partial charge in [0.15, 0.2) is 11.5 Å². The lowest BCUT2D eigenvalue weighted by molar-refractivity contribution is 0.398. The lowest BCUT2D eigenvalue weighted by Gasteiger charge is -2.16. The van der Waals surface area contributed by atoms with Gasteiger partial charge in [-0.1, -0.05) is 32.0 Å². The molecule has 0 unspecified atom stereocenters. The first-order chi connectivity index (χ1) is 9.10. The van der Waals surface area contributed by atoms with Crippen molar-refractivity contribution < 1.29 is 15.3 Å². The van der Waals surface area contributed by atoms with E-state index in [1.165, 1.54) is 12.1 Å². The lowest BCUT2D eigenvalue weighted by atomic mass is 9.90. The normalized spacial score (nSPS) is 10.6. The molecule has 100 valence electrons. The van der Waals surface area contributed by atoms with Crippen molar-refractivity contribution in [1.29, 1.82) is 0 Å². The molecule has 3 nitrogen and oxygen atoms in total. The van der Waals surface area contributed by atoms with Gasteiger partial charge in [0.1, 0.15) is 5.75 Å². The molecule has 0 heterocycles. The lowest BCUT2D eigenvalue weighted by Crippen LogP contribution is -1.95. The quantitative estimate of drug-likeness (QED) is 0.582. The van der Waals surface area contributed by atoms with Crippen LogP contribution in [0.4, 0.5) is 0 Å². The highest BCUT2D eigenvalue weighted by Crippen LogP contribution is 2.45. The van der Waals surface area contributed by atoms with Crippen molar-refractivity contribution in [3.63, 3.8) is 0 Å². The van der Waals surface area contributed by atoms with Crippen LogP contribution in [0.5, 0.6) is 17.2 Å². The molecular formula is C16H18O3. The van der Waals surface area contributed by atoms with Gasteiger partial charge >= 0.3 is 0 Å². The third kappa shape index (κ3) is 2.24. The van der Waals surface area contributed by atoms with Crippen molar-refractivity contribution in [3.8, 4) is 28.4 Å². The minimum Gasteiger partial charge on any atom is -0.507 e. The Labute approximate surface area is 112 Å². The maximum absolute atomic E-state index is 10.1. The number of phenolic OH excluding ortho intramolecular Hbond substituents is 3. The highest BCUT2D eigenvalue weighted by Gasteiger charge is 2.18. The van der Waals surface area contributed by atoms with E-state index in [-0.39, 0.29) is 17.2 Å². The summed E-state index contributed by atoms with van der Waals surface area (Å²) < 4.78 is 0. The molecule has 2 aromatic carbocycles.